The van der Waals surface area contributed by atoms with Crippen LogP contribution in [0.1, 0.15) is 37.9 Å². The van der Waals surface area contributed by atoms with E-state index in [1.165, 1.54) is 17.0 Å². The van der Waals surface area contributed by atoms with Gasteiger partial charge in [0, 0.05) is 67.3 Å². The van der Waals surface area contributed by atoms with E-state index in [9.17, 15) is 29.3 Å². The zero-order chi connectivity index (χ0) is 36.2. The molecule has 15 nitrogen and oxygen atoms in total. The average Bonchev–Trinajstić information content (AvgIpc) is 3.88. The fraction of sp³-hybridized carbons (Fsp3) is 0.485. The van der Waals surface area contributed by atoms with Crippen LogP contribution in [0.3, 0.4) is 0 Å². The Labute approximate surface area is 308 Å². The number of hydrogen-bond acceptors (Lipinski definition) is 12. The lowest BCUT2D eigenvalue weighted by Gasteiger charge is -2.16. The van der Waals surface area contributed by atoms with E-state index in [4.69, 9.17) is 26.1 Å². The summed E-state index contributed by atoms with van der Waals surface area (Å²) >= 11 is 8.36. The van der Waals surface area contributed by atoms with Crippen molar-refractivity contribution in [3.05, 3.63) is 57.2 Å². The van der Waals surface area contributed by atoms with Gasteiger partial charge in [-0.2, -0.15) is 11.8 Å². The zero-order valence-electron chi connectivity index (χ0n) is 27.8. The molecular weight excluding hydrogens is 721 g/mol. The number of unbranched alkanes of at least 4 members (excludes halogenated alkanes) is 1. The van der Waals surface area contributed by atoms with Gasteiger partial charge in [0.25, 0.3) is 11.6 Å². The highest BCUT2D eigenvalue weighted by atomic mass is 32.2. The SMILES string of the molecule is O=C(CCCCC1SCC2NC(=O)NC21)NCCOCCOCCNC(=O)CCN1C(=O)/C(=C/c2ccc(-c3ccc([N+](=O)[O-])cc3)o2)SC1=S. The van der Waals surface area contributed by atoms with Crippen molar-refractivity contribution in [3.8, 4) is 11.3 Å². The molecule has 3 saturated heterocycles. The summed E-state index contributed by atoms with van der Waals surface area (Å²) in [6.45, 7) is 2.21. The molecule has 0 radical (unpaired) electrons. The van der Waals surface area contributed by atoms with Crippen LogP contribution in [0.15, 0.2) is 45.7 Å². The molecule has 4 heterocycles. The lowest BCUT2D eigenvalue weighted by Crippen LogP contribution is -2.36. The predicted octanol–water partition coefficient (Wildman–Crippen LogP) is 3.44. The third-order valence-corrected chi connectivity index (χ3v) is 11.2. The summed E-state index contributed by atoms with van der Waals surface area (Å²) in [6, 6.07) is 9.69. The van der Waals surface area contributed by atoms with Crippen LogP contribution in [0.2, 0.25) is 0 Å². The van der Waals surface area contributed by atoms with Gasteiger partial charge in [-0.15, -0.1) is 0 Å². The van der Waals surface area contributed by atoms with Gasteiger partial charge >= 0.3 is 6.03 Å². The Kier molecular flexibility index (Phi) is 14.3. The van der Waals surface area contributed by atoms with Crippen LogP contribution in [-0.4, -0.2) is 107 Å². The molecule has 0 spiro atoms. The van der Waals surface area contributed by atoms with Crippen LogP contribution in [0.4, 0.5) is 10.5 Å². The number of nitro benzene ring substituents is 1. The lowest BCUT2D eigenvalue weighted by atomic mass is 10.0. The normalized spacial score (nSPS) is 20.4. The number of carbonyl (C=O) groups excluding carboxylic acids is 4. The number of hydrogen-bond donors (Lipinski definition) is 4. The number of furan rings is 1. The number of benzene rings is 1. The predicted molar refractivity (Wildman–Crippen MR) is 197 cm³/mol. The summed E-state index contributed by atoms with van der Waals surface area (Å²) in [4.78, 5) is 61.0. The first-order valence-corrected chi connectivity index (χ1v) is 18.9. The zero-order valence-corrected chi connectivity index (χ0v) is 30.2. The Morgan fingerprint density at radius 2 is 1.71 bits per heavy atom. The van der Waals surface area contributed by atoms with E-state index in [0.717, 1.165) is 36.8 Å². The first-order chi connectivity index (χ1) is 24.7. The quantitative estimate of drug-likeness (QED) is 0.0384. The largest absolute Gasteiger partial charge is 0.457 e. The number of amides is 5. The Morgan fingerprint density at radius 3 is 2.41 bits per heavy atom. The molecule has 3 unspecified atom stereocenters. The number of rotatable bonds is 20. The standard InChI is InChI=1S/C33H40N6O9S3/c40-28(4-2-1-3-26-30-24(20-50-26)36-32(43)37-30)34-12-15-46-17-18-47-16-13-35-29(41)11-14-38-31(42)27(51-33(38)49)19-23-9-10-25(48-23)21-5-7-22(8-6-21)39(44)45/h5-10,19,24,26,30H,1-4,11-18,20H2,(H,34,40)(H,35,41)(H2,36,37,43)/b27-19-. The van der Waals surface area contributed by atoms with E-state index in [0.29, 0.717) is 77.5 Å². The van der Waals surface area contributed by atoms with Crippen LogP contribution >= 0.6 is 35.7 Å². The first kappa shape index (κ1) is 38.3. The Balaban J connectivity index is 0.858. The van der Waals surface area contributed by atoms with E-state index in [1.54, 1.807) is 30.3 Å². The third kappa shape index (κ3) is 11.3. The van der Waals surface area contributed by atoms with E-state index in [1.807, 2.05) is 11.8 Å². The van der Waals surface area contributed by atoms with Crippen LogP contribution in [0.5, 0.6) is 0 Å². The van der Waals surface area contributed by atoms with Crippen molar-refractivity contribution in [2.24, 2.45) is 0 Å². The molecule has 274 valence electrons. The number of nitrogens with one attached hydrogen (secondary N) is 4. The number of thiocarbonyl (C=S) groups is 1. The lowest BCUT2D eigenvalue weighted by molar-refractivity contribution is -0.384. The van der Waals surface area contributed by atoms with Gasteiger partial charge in [0.15, 0.2) is 0 Å². The molecule has 3 fully saturated rings. The summed E-state index contributed by atoms with van der Waals surface area (Å²) in [5.74, 6) is 1.29. The Bertz CT molecular complexity index is 1620. The minimum atomic E-state index is -0.475. The van der Waals surface area contributed by atoms with Gasteiger partial charge in [-0.1, -0.05) is 30.4 Å². The molecule has 51 heavy (non-hydrogen) atoms. The summed E-state index contributed by atoms with van der Waals surface area (Å²) < 4.78 is 17.1. The topological polar surface area (TPSA) is 194 Å². The molecule has 3 atom stereocenters. The number of fused-ring (bicyclic) bond motifs is 1. The maximum absolute atomic E-state index is 12.9. The number of nitrogens with zero attached hydrogens (tertiary/aromatic N) is 2. The van der Waals surface area contributed by atoms with E-state index in [2.05, 4.69) is 21.3 Å². The van der Waals surface area contributed by atoms with Crippen molar-refractivity contribution in [2.75, 3.05) is 51.8 Å². The van der Waals surface area contributed by atoms with Gasteiger partial charge in [0.05, 0.1) is 48.3 Å². The highest BCUT2D eigenvalue weighted by molar-refractivity contribution is 8.26. The monoisotopic (exact) mass is 760 g/mol. The molecule has 5 amide bonds. The second kappa shape index (κ2) is 19.0. The molecule has 3 aliphatic rings. The molecule has 1 aromatic heterocycles. The minimum absolute atomic E-state index is 0.00398. The van der Waals surface area contributed by atoms with Crippen LogP contribution < -0.4 is 21.3 Å². The van der Waals surface area contributed by atoms with Gasteiger partial charge < -0.3 is 35.2 Å². The number of carbonyl (C=O) groups is 4. The second-order valence-corrected chi connectivity index (χ2v) is 14.8. The van der Waals surface area contributed by atoms with Crippen LogP contribution in [0, 0.1) is 10.1 Å². The van der Waals surface area contributed by atoms with Gasteiger partial charge in [0.1, 0.15) is 15.8 Å². The third-order valence-electron chi connectivity index (χ3n) is 8.29. The van der Waals surface area contributed by atoms with Gasteiger partial charge in [-0.25, -0.2) is 4.79 Å². The van der Waals surface area contributed by atoms with E-state index in [-0.39, 0.29) is 54.5 Å². The summed E-state index contributed by atoms with van der Waals surface area (Å²) in [5.41, 5.74) is 0.636. The van der Waals surface area contributed by atoms with Gasteiger partial charge in [-0.05, 0) is 37.1 Å². The molecule has 1 aromatic carbocycles. The maximum atomic E-state index is 12.9. The summed E-state index contributed by atoms with van der Waals surface area (Å²) in [7, 11) is 0. The smallest absolute Gasteiger partial charge is 0.315 e. The second-order valence-electron chi connectivity index (χ2n) is 11.9. The summed E-state index contributed by atoms with van der Waals surface area (Å²) in [5, 5.41) is 22.8. The molecule has 3 aliphatic heterocycles. The van der Waals surface area contributed by atoms with E-state index < -0.39 is 4.92 Å². The fourth-order valence-electron chi connectivity index (χ4n) is 5.67. The van der Waals surface area contributed by atoms with Crippen molar-refractivity contribution in [3.63, 3.8) is 0 Å². The van der Waals surface area contributed by atoms with Crippen molar-refractivity contribution in [2.45, 2.75) is 49.4 Å². The average molecular weight is 761 g/mol. The van der Waals surface area contributed by atoms with Crippen molar-refractivity contribution in [1.82, 2.24) is 26.2 Å². The van der Waals surface area contributed by atoms with Crippen LogP contribution in [0.25, 0.3) is 17.4 Å². The molecule has 0 bridgehead atoms. The highest BCUT2D eigenvalue weighted by Crippen LogP contribution is 2.35. The molecule has 4 N–H and O–H groups in total. The number of thioether (sulfide) groups is 2. The fourth-order valence-corrected chi connectivity index (χ4v) is 8.50. The number of nitro groups is 1. The minimum Gasteiger partial charge on any atom is -0.457 e. The Morgan fingerprint density at radius 1 is 1.00 bits per heavy atom. The van der Waals surface area contributed by atoms with Gasteiger partial charge in [0.2, 0.25) is 11.8 Å². The molecule has 18 heteroatoms. The molecule has 0 aliphatic carbocycles. The molecule has 0 saturated carbocycles. The van der Waals surface area contributed by atoms with Crippen molar-refractivity contribution < 1.29 is 38.0 Å². The Hall–Kier alpha value is -3.97. The summed E-state index contributed by atoms with van der Waals surface area (Å²) in [6.07, 6.45) is 4.83. The van der Waals surface area contributed by atoms with Crippen molar-refractivity contribution >= 4 is 75.6 Å². The number of ether oxygens (including phenoxy) is 2. The molecule has 5 rings (SSSR count). The maximum Gasteiger partial charge on any atom is 0.315 e. The van der Waals surface area contributed by atoms with Crippen LogP contribution in [-0.2, 0) is 23.9 Å². The van der Waals surface area contributed by atoms with Gasteiger partial charge in [-0.3, -0.25) is 29.4 Å². The van der Waals surface area contributed by atoms with Crippen molar-refractivity contribution in [1.29, 1.82) is 0 Å². The van der Waals surface area contributed by atoms with E-state index >= 15 is 0 Å². The number of urea groups is 1. The highest BCUT2D eigenvalue weighted by Gasteiger charge is 2.42. The molecule has 2 aromatic rings. The number of non-ortho nitro benzene ring substituents is 1. The first-order valence-electron chi connectivity index (χ1n) is 16.7. The molecular formula is C33H40N6O9S3.